The van der Waals surface area contributed by atoms with Gasteiger partial charge in [0, 0.05) is 12.0 Å². The predicted octanol–water partition coefficient (Wildman–Crippen LogP) is 7.03. The van der Waals surface area contributed by atoms with Gasteiger partial charge in [0.25, 0.3) is 0 Å². The Balaban J connectivity index is 1.44. The zero-order valence-electron chi connectivity index (χ0n) is 16.0. The largest absolute Gasteiger partial charge is 0.445 e. The highest BCUT2D eigenvalue weighted by Gasteiger charge is 2.33. The molecule has 0 spiro atoms. The summed E-state index contributed by atoms with van der Waals surface area (Å²) in [5.41, 5.74) is 2.28. The lowest BCUT2D eigenvalue weighted by Gasteiger charge is -2.15. The topological polar surface area (TPSA) is 38.9 Å². The highest BCUT2D eigenvalue weighted by molar-refractivity contribution is 14.1. The molecule has 1 aromatic carbocycles. The molecular weight excluding hydrogens is 524 g/mol. The maximum Gasteiger partial charge on any atom is 0.416 e. The van der Waals surface area contributed by atoms with E-state index in [4.69, 9.17) is 9.40 Å². The van der Waals surface area contributed by atoms with E-state index in [1.807, 2.05) is 37.3 Å². The summed E-state index contributed by atoms with van der Waals surface area (Å²) in [6, 6.07) is 10.1. The molecule has 0 amide bonds. The van der Waals surface area contributed by atoms with Crippen molar-refractivity contribution in [1.82, 2.24) is 9.97 Å². The molecule has 3 nitrogen and oxygen atoms in total. The minimum atomic E-state index is -4.32. The smallest absolute Gasteiger partial charge is 0.416 e. The third-order valence-electron chi connectivity index (χ3n) is 4.91. The number of hydrogen-bond donors (Lipinski definition) is 0. The summed E-state index contributed by atoms with van der Waals surface area (Å²) in [5, 5.41) is 0.990. The van der Waals surface area contributed by atoms with Gasteiger partial charge in [-0.05, 0) is 42.4 Å². The van der Waals surface area contributed by atoms with Crippen LogP contribution in [0.4, 0.5) is 13.2 Å². The van der Waals surface area contributed by atoms with Crippen LogP contribution < -0.4 is 0 Å². The molecule has 1 aliphatic rings. The molecule has 0 fully saturated rings. The molecule has 30 heavy (non-hydrogen) atoms. The zero-order valence-corrected chi connectivity index (χ0v) is 19.0. The summed E-state index contributed by atoms with van der Waals surface area (Å²) in [4.78, 5) is 9.24. The molecule has 2 aromatic heterocycles. The summed E-state index contributed by atoms with van der Waals surface area (Å²) in [6.07, 6.45) is 1.11. The molecule has 1 atom stereocenters. The van der Waals surface area contributed by atoms with Crippen LogP contribution in [-0.4, -0.2) is 16.1 Å². The first kappa shape index (κ1) is 21.3. The van der Waals surface area contributed by atoms with Crippen molar-refractivity contribution in [2.45, 2.75) is 38.3 Å². The van der Waals surface area contributed by atoms with Gasteiger partial charge in [0.15, 0.2) is 0 Å². The number of thiazole rings is 1. The number of rotatable bonds is 5. The lowest BCUT2D eigenvalue weighted by molar-refractivity contribution is -0.0886. The van der Waals surface area contributed by atoms with Gasteiger partial charge in [-0.1, -0.05) is 48.6 Å². The van der Waals surface area contributed by atoms with Gasteiger partial charge in [-0.15, -0.1) is 11.3 Å². The molecule has 1 aliphatic carbocycles. The van der Waals surface area contributed by atoms with E-state index < -0.39 is 11.7 Å². The average Bonchev–Trinajstić information content (AvgIpc) is 3.29. The summed E-state index contributed by atoms with van der Waals surface area (Å²) in [5.74, 6) is 0.955. The maximum absolute atomic E-state index is 12.8. The van der Waals surface area contributed by atoms with Gasteiger partial charge < -0.3 is 4.42 Å². The summed E-state index contributed by atoms with van der Waals surface area (Å²) in [6.45, 7) is 1.87. The van der Waals surface area contributed by atoms with E-state index in [0.717, 1.165) is 43.1 Å². The van der Waals surface area contributed by atoms with E-state index in [0.29, 0.717) is 12.3 Å². The molecule has 0 saturated heterocycles. The second kappa shape index (κ2) is 8.66. The molecule has 3 aromatic rings. The highest BCUT2D eigenvalue weighted by Crippen LogP contribution is 2.35. The Morgan fingerprint density at radius 3 is 2.60 bits per heavy atom. The summed E-state index contributed by atoms with van der Waals surface area (Å²) in [7, 11) is 0. The SMILES string of the molecule is Cc1nc(C2C=CC(C(F)(F)F)=CC2)oc1CCc1nc(-c2ccccc2)sc1I. The van der Waals surface area contributed by atoms with E-state index in [1.165, 1.54) is 12.2 Å². The third kappa shape index (κ3) is 4.69. The van der Waals surface area contributed by atoms with Crippen LogP contribution >= 0.6 is 33.9 Å². The second-order valence-electron chi connectivity index (χ2n) is 7.02. The van der Waals surface area contributed by atoms with Crippen molar-refractivity contribution in [2.24, 2.45) is 0 Å². The molecule has 0 bridgehead atoms. The zero-order chi connectivity index (χ0) is 21.3. The van der Waals surface area contributed by atoms with Gasteiger partial charge in [-0.2, -0.15) is 13.2 Å². The van der Waals surface area contributed by atoms with Crippen molar-refractivity contribution in [3.63, 3.8) is 0 Å². The number of halogens is 4. The minimum absolute atomic E-state index is 0.231. The first-order chi connectivity index (χ1) is 14.3. The Labute approximate surface area is 189 Å². The fourth-order valence-corrected chi connectivity index (χ4v) is 5.14. The van der Waals surface area contributed by atoms with E-state index in [1.54, 1.807) is 11.3 Å². The highest BCUT2D eigenvalue weighted by atomic mass is 127. The monoisotopic (exact) mass is 542 g/mol. The molecule has 1 unspecified atom stereocenters. The molecule has 0 saturated carbocycles. The third-order valence-corrected chi connectivity index (χ3v) is 7.13. The van der Waals surface area contributed by atoms with Crippen LogP contribution in [-0.2, 0) is 12.8 Å². The summed E-state index contributed by atoms with van der Waals surface area (Å²) >= 11 is 3.97. The number of aryl methyl sites for hydroxylation is 3. The molecular formula is C22H18F3IN2OS. The molecule has 156 valence electrons. The van der Waals surface area contributed by atoms with Crippen LogP contribution in [0.15, 0.2) is 58.6 Å². The predicted molar refractivity (Wildman–Crippen MR) is 120 cm³/mol. The quantitative estimate of drug-likeness (QED) is 0.325. The van der Waals surface area contributed by atoms with Crippen molar-refractivity contribution in [1.29, 1.82) is 0 Å². The Hall–Kier alpha value is -1.94. The van der Waals surface area contributed by atoms with Crippen LogP contribution in [0.1, 0.15) is 35.4 Å². The van der Waals surface area contributed by atoms with E-state index >= 15 is 0 Å². The van der Waals surface area contributed by atoms with E-state index in [-0.39, 0.29) is 12.3 Å². The van der Waals surface area contributed by atoms with Crippen LogP contribution in [0.5, 0.6) is 0 Å². The van der Waals surface area contributed by atoms with E-state index in [9.17, 15) is 13.2 Å². The van der Waals surface area contributed by atoms with Gasteiger partial charge in [-0.3, -0.25) is 0 Å². The van der Waals surface area contributed by atoms with Crippen LogP contribution in [0.25, 0.3) is 10.6 Å². The molecule has 0 radical (unpaired) electrons. The van der Waals surface area contributed by atoms with Gasteiger partial charge in [-0.25, -0.2) is 9.97 Å². The van der Waals surface area contributed by atoms with Crippen LogP contribution in [0, 0.1) is 9.81 Å². The average molecular weight is 542 g/mol. The molecule has 0 N–H and O–H groups in total. The van der Waals surface area contributed by atoms with Gasteiger partial charge in [0.1, 0.15) is 10.8 Å². The van der Waals surface area contributed by atoms with Crippen molar-refractivity contribution in [3.8, 4) is 10.6 Å². The number of alkyl halides is 3. The molecule has 2 heterocycles. The summed E-state index contributed by atoms with van der Waals surface area (Å²) < 4.78 is 45.4. The standard InChI is InChI=1S/C22H18F3IN2OS/c1-13-18(29-20(27-13)14-7-9-16(10-8-14)22(23,24)25)12-11-17-19(26)30-21(28-17)15-5-3-2-4-6-15/h2-7,9-10,14H,8,11-12H2,1H3. The Morgan fingerprint density at radius 2 is 1.93 bits per heavy atom. The van der Waals surface area contributed by atoms with Crippen LogP contribution in [0.3, 0.4) is 0 Å². The van der Waals surface area contributed by atoms with Crippen molar-refractivity contribution in [2.75, 3.05) is 0 Å². The van der Waals surface area contributed by atoms with E-state index in [2.05, 4.69) is 27.6 Å². The first-order valence-electron chi connectivity index (χ1n) is 9.43. The fourth-order valence-electron chi connectivity index (χ4n) is 3.28. The van der Waals surface area contributed by atoms with Gasteiger partial charge in [0.2, 0.25) is 5.89 Å². The van der Waals surface area contributed by atoms with Crippen molar-refractivity contribution < 1.29 is 17.6 Å². The van der Waals surface area contributed by atoms with Crippen LogP contribution in [0.2, 0.25) is 0 Å². The Morgan fingerprint density at radius 1 is 1.17 bits per heavy atom. The Bertz CT molecular complexity index is 1100. The second-order valence-corrected chi connectivity index (χ2v) is 9.83. The lowest BCUT2D eigenvalue weighted by atomic mass is 9.96. The number of benzene rings is 1. The van der Waals surface area contributed by atoms with Crippen molar-refractivity contribution >= 4 is 33.9 Å². The lowest BCUT2D eigenvalue weighted by Crippen LogP contribution is -2.13. The maximum atomic E-state index is 12.8. The fraction of sp³-hybridized carbons (Fsp3) is 0.273. The number of aromatic nitrogens is 2. The number of oxazole rings is 1. The number of nitrogens with zero attached hydrogens (tertiary/aromatic N) is 2. The van der Waals surface area contributed by atoms with Crippen molar-refractivity contribution in [3.05, 3.63) is 80.1 Å². The van der Waals surface area contributed by atoms with Gasteiger partial charge in [0.05, 0.1) is 25.8 Å². The number of allylic oxidation sites excluding steroid dienone is 4. The van der Waals surface area contributed by atoms with Gasteiger partial charge >= 0.3 is 6.18 Å². The molecule has 8 heteroatoms. The normalized spacial score (nSPS) is 16.7. The molecule has 4 rings (SSSR count). The Kier molecular flexibility index (Phi) is 6.15. The molecule has 0 aliphatic heterocycles. The first-order valence-corrected chi connectivity index (χ1v) is 11.3. The minimum Gasteiger partial charge on any atom is -0.445 e. The number of hydrogen-bond acceptors (Lipinski definition) is 4.